The molecule has 1 N–H and O–H groups in total. The monoisotopic (exact) mass is 214 g/mol. The molecule has 0 bridgehead atoms. The van der Waals surface area contributed by atoms with Crippen LogP contribution in [0.4, 0.5) is 8.78 Å². The van der Waals surface area contributed by atoms with Gasteiger partial charge in [-0.2, -0.15) is 0 Å². The number of hydrogen-bond acceptors (Lipinski definition) is 1. The molecule has 0 saturated heterocycles. The van der Waals surface area contributed by atoms with Crippen LogP contribution in [0.3, 0.4) is 0 Å². The molecule has 0 aliphatic carbocycles. The van der Waals surface area contributed by atoms with Crippen molar-refractivity contribution in [3.8, 4) is 0 Å². The highest BCUT2D eigenvalue weighted by Crippen LogP contribution is 2.30. The van der Waals surface area contributed by atoms with Gasteiger partial charge in [-0.25, -0.2) is 8.78 Å². The van der Waals surface area contributed by atoms with Gasteiger partial charge in [0.25, 0.3) is 0 Å². The van der Waals surface area contributed by atoms with E-state index in [1.54, 1.807) is 6.92 Å². The second-order valence-electron chi connectivity index (χ2n) is 3.61. The van der Waals surface area contributed by atoms with Crippen molar-refractivity contribution in [3.63, 3.8) is 0 Å². The summed E-state index contributed by atoms with van der Waals surface area (Å²) in [5.74, 6) is -2.64. The van der Waals surface area contributed by atoms with Crippen molar-refractivity contribution in [1.29, 1.82) is 0 Å². The largest absolute Gasteiger partial charge is 0.481 e. The highest BCUT2D eigenvalue weighted by Gasteiger charge is 2.35. The van der Waals surface area contributed by atoms with Crippen molar-refractivity contribution in [3.05, 3.63) is 35.4 Å². The molecule has 0 saturated carbocycles. The topological polar surface area (TPSA) is 37.3 Å². The lowest BCUT2D eigenvalue weighted by atomic mass is 9.80. The summed E-state index contributed by atoms with van der Waals surface area (Å²) in [6, 6.07) is 2.95. The Bertz CT molecular complexity index is 390. The van der Waals surface area contributed by atoms with Crippen molar-refractivity contribution in [2.45, 2.75) is 25.7 Å². The molecule has 0 aliphatic heterocycles. The lowest BCUT2D eigenvalue weighted by Crippen LogP contribution is -2.32. The van der Waals surface area contributed by atoms with Crippen molar-refractivity contribution in [1.82, 2.24) is 0 Å². The Morgan fingerprint density at radius 1 is 1.47 bits per heavy atom. The number of halogens is 2. The van der Waals surface area contributed by atoms with Gasteiger partial charge in [-0.3, -0.25) is 4.79 Å². The Morgan fingerprint density at radius 3 is 2.47 bits per heavy atom. The fraction of sp³-hybridized carbons (Fsp3) is 0.364. The third-order valence-electron chi connectivity index (χ3n) is 2.70. The highest BCUT2D eigenvalue weighted by atomic mass is 19.1. The average molecular weight is 214 g/mol. The number of carboxylic acids is 1. The van der Waals surface area contributed by atoms with Crippen LogP contribution >= 0.6 is 0 Å². The minimum Gasteiger partial charge on any atom is -0.481 e. The van der Waals surface area contributed by atoms with Crippen molar-refractivity contribution < 1.29 is 18.7 Å². The van der Waals surface area contributed by atoms with E-state index in [0.29, 0.717) is 6.07 Å². The molecule has 82 valence electrons. The van der Waals surface area contributed by atoms with Crippen molar-refractivity contribution in [2.24, 2.45) is 0 Å². The zero-order valence-corrected chi connectivity index (χ0v) is 8.55. The normalized spacial score (nSPS) is 14.7. The lowest BCUT2D eigenvalue weighted by Gasteiger charge is -2.23. The van der Waals surface area contributed by atoms with Crippen LogP contribution < -0.4 is 0 Å². The SMILES string of the molecule is CCC(C)(C(=O)O)c1ccc(F)cc1F. The first kappa shape index (κ1) is 11.6. The zero-order valence-electron chi connectivity index (χ0n) is 8.55. The van der Waals surface area contributed by atoms with E-state index >= 15 is 0 Å². The van der Waals surface area contributed by atoms with E-state index in [1.165, 1.54) is 13.0 Å². The highest BCUT2D eigenvalue weighted by molar-refractivity contribution is 5.80. The van der Waals surface area contributed by atoms with E-state index < -0.39 is 23.0 Å². The van der Waals surface area contributed by atoms with E-state index in [2.05, 4.69) is 0 Å². The summed E-state index contributed by atoms with van der Waals surface area (Å²) < 4.78 is 26.0. The van der Waals surface area contributed by atoms with Crippen LogP contribution in [0.1, 0.15) is 25.8 Å². The van der Waals surface area contributed by atoms with Crippen LogP contribution in [0, 0.1) is 11.6 Å². The molecule has 1 aromatic carbocycles. The van der Waals surface area contributed by atoms with Crippen LogP contribution in [0.25, 0.3) is 0 Å². The van der Waals surface area contributed by atoms with Gasteiger partial charge in [0, 0.05) is 11.6 Å². The fourth-order valence-corrected chi connectivity index (χ4v) is 1.39. The first-order valence-corrected chi connectivity index (χ1v) is 4.60. The molecule has 1 atom stereocenters. The molecule has 0 aliphatic rings. The maximum atomic E-state index is 13.4. The van der Waals surface area contributed by atoms with E-state index in [-0.39, 0.29) is 12.0 Å². The molecular weight excluding hydrogens is 202 g/mol. The number of benzene rings is 1. The maximum Gasteiger partial charge on any atom is 0.313 e. The van der Waals surface area contributed by atoms with Gasteiger partial charge in [0.1, 0.15) is 11.6 Å². The predicted octanol–water partition coefficient (Wildman–Crippen LogP) is 2.72. The predicted molar refractivity (Wildman–Crippen MR) is 51.6 cm³/mol. The lowest BCUT2D eigenvalue weighted by molar-refractivity contribution is -0.143. The Hall–Kier alpha value is -1.45. The van der Waals surface area contributed by atoms with Gasteiger partial charge >= 0.3 is 5.97 Å². The van der Waals surface area contributed by atoms with Gasteiger partial charge in [0.15, 0.2) is 0 Å². The van der Waals surface area contributed by atoms with Gasteiger partial charge in [-0.1, -0.05) is 13.0 Å². The van der Waals surface area contributed by atoms with E-state index in [1.807, 2.05) is 0 Å². The summed E-state index contributed by atoms with van der Waals surface area (Å²) in [5.41, 5.74) is -1.29. The molecule has 1 rings (SSSR count). The quantitative estimate of drug-likeness (QED) is 0.839. The van der Waals surface area contributed by atoms with Crippen molar-refractivity contribution in [2.75, 3.05) is 0 Å². The summed E-state index contributed by atoms with van der Waals surface area (Å²) in [7, 11) is 0. The molecule has 0 fully saturated rings. The number of aliphatic carboxylic acids is 1. The van der Waals surface area contributed by atoms with Crippen LogP contribution in [0.15, 0.2) is 18.2 Å². The molecule has 0 radical (unpaired) electrons. The Balaban J connectivity index is 3.30. The molecule has 0 heterocycles. The molecule has 15 heavy (non-hydrogen) atoms. The second-order valence-corrected chi connectivity index (χ2v) is 3.61. The Kier molecular flexibility index (Phi) is 3.07. The van der Waals surface area contributed by atoms with Crippen LogP contribution in [0.2, 0.25) is 0 Å². The maximum absolute atomic E-state index is 13.4. The molecule has 4 heteroatoms. The van der Waals surface area contributed by atoms with E-state index in [0.717, 1.165) is 6.07 Å². The second kappa shape index (κ2) is 3.96. The standard InChI is InChI=1S/C11H12F2O2/c1-3-11(2,10(14)15)8-5-4-7(12)6-9(8)13/h4-6H,3H2,1-2H3,(H,14,15). The van der Waals surface area contributed by atoms with Crippen molar-refractivity contribution >= 4 is 5.97 Å². The first-order chi connectivity index (χ1) is 6.91. The van der Waals surface area contributed by atoms with Gasteiger partial charge in [-0.05, 0) is 19.4 Å². The average Bonchev–Trinajstić information content (AvgIpc) is 2.16. The van der Waals surface area contributed by atoms with Crippen LogP contribution in [-0.4, -0.2) is 11.1 Å². The van der Waals surface area contributed by atoms with Gasteiger partial charge in [0.2, 0.25) is 0 Å². The Labute approximate surface area is 86.5 Å². The molecule has 2 nitrogen and oxygen atoms in total. The molecule has 1 unspecified atom stereocenters. The summed E-state index contributed by atoms with van der Waals surface area (Å²) >= 11 is 0. The van der Waals surface area contributed by atoms with E-state index in [9.17, 15) is 13.6 Å². The van der Waals surface area contributed by atoms with Gasteiger partial charge < -0.3 is 5.11 Å². The molecule has 0 amide bonds. The number of rotatable bonds is 3. The number of hydrogen-bond donors (Lipinski definition) is 1. The number of carboxylic acid groups (broad SMARTS) is 1. The van der Waals surface area contributed by atoms with Gasteiger partial charge in [0.05, 0.1) is 5.41 Å². The first-order valence-electron chi connectivity index (χ1n) is 4.60. The van der Waals surface area contributed by atoms with Crippen LogP contribution in [0.5, 0.6) is 0 Å². The van der Waals surface area contributed by atoms with Crippen LogP contribution in [-0.2, 0) is 10.2 Å². The van der Waals surface area contributed by atoms with E-state index in [4.69, 9.17) is 5.11 Å². The third kappa shape index (κ3) is 1.98. The molecule has 1 aromatic rings. The molecular formula is C11H12F2O2. The fourth-order valence-electron chi connectivity index (χ4n) is 1.39. The molecule has 0 spiro atoms. The molecule has 0 aromatic heterocycles. The third-order valence-corrected chi connectivity index (χ3v) is 2.70. The number of carbonyl (C=O) groups is 1. The minimum atomic E-state index is -1.31. The minimum absolute atomic E-state index is 0.0129. The summed E-state index contributed by atoms with van der Waals surface area (Å²) in [4.78, 5) is 11.0. The smallest absolute Gasteiger partial charge is 0.313 e. The zero-order chi connectivity index (χ0) is 11.6. The Morgan fingerprint density at radius 2 is 2.07 bits per heavy atom. The summed E-state index contributed by atoms with van der Waals surface area (Å²) in [6.45, 7) is 3.07. The van der Waals surface area contributed by atoms with Gasteiger partial charge in [-0.15, -0.1) is 0 Å². The summed E-state index contributed by atoms with van der Waals surface area (Å²) in [5, 5.41) is 9.02. The summed E-state index contributed by atoms with van der Waals surface area (Å²) in [6.07, 6.45) is 0.241.